The van der Waals surface area contributed by atoms with Crippen molar-refractivity contribution in [1.82, 2.24) is 5.32 Å². The van der Waals surface area contributed by atoms with Crippen LogP contribution in [0.4, 0.5) is 4.39 Å². The highest BCUT2D eigenvalue weighted by Crippen LogP contribution is 2.19. The van der Waals surface area contributed by atoms with Crippen LogP contribution in [0.3, 0.4) is 0 Å². The number of aryl methyl sites for hydroxylation is 1. The minimum atomic E-state index is -1.01. The number of nitrogens with two attached hydrogens (primary N) is 1. The Kier molecular flexibility index (Phi) is 5.30. The number of carbonyl (C=O) groups is 1. The van der Waals surface area contributed by atoms with Crippen LogP contribution in [0.15, 0.2) is 18.2 Å². The van der Waals surface area contributed by atoms with Crippen molar-refractivity contribution >= 4 is 5.91 Å². The second kappa shape index (κ2) is 6.52. The number of ether oxygens (including phenoxy) is 1. The number of hydrogen-bond donors (Lipinski definition) is 2. The van der Waals surface area contributed by atoms with Gasteiger partial charge in [-0.25, -0.2) is 4.39 Å². The van der Waals surface area contributed by atoms with Gasteiger partial charge in [-0.05, 0) is 44.5 Å². The van der Waals surface area contributed by atoms with E-state index in [1.54, 1.807) is 19.1 Å². The molecule has 0 aliphatic carbocycles. The Morgan fingerprint density at radius 2 is 2.21 bits per heavy atom. The van der Waals surface area contributed by atoms with Crippen LogP contribution >= 0.6 is 0 Å². The zero-order chi connectivity index (χ0) is 14.5. The third-order valence-electron chi connectivity index (χ3n) is 2.91. The Labute approximate surface area is 113 Å². The van der Waals surface area contributed by atoms with Crippen molar-refractivity contribution in [3.63, 3.8) is 0 Å². The molecule has 4 nitrogen and oxygen atoms in total. The van der Waals surface area contributed by atoms with Crippen LogP contribution in [0, 0.1) is 12.7 Å². The Morgan fingerprint density at radius 3 is 2.79 bits per heavy atom. The van der Waals surface area contributed by atoms with Crippen molar-refractivity contribution in [2.45, 2.75) is 32.7 Å². The van der Waals surface area contributed by atoms with E-state index in [-0.39, 0.29) is 12.4 Å². The number of nitrogens with one attached hydrogen (secondary N) is 1. The predicted molar refractivity (Wildman–Crippen MR) is 72.5 cm³/mol. The van der Waals surface area contributed by atoms with Gasteiger partial charge in [0.2, 0.25) is 5.91 Å². The Hall–Kier alpha value is -1.62. The summed E-state index contributed by atoms with van der Waals surface area (Å²) < 4.78 is 18.9. The van der Waals surface area contributed by atoms with Crippen molar-refractivity contribution in [3.05, 3.63) is 29.6 Å². The number of carbonyl (C=O) groups excluding carboxylic acids is 1. The van der Waals surface area contributed by atoms with Gasteiger partial charge in [-0.15, -0.1) is 0 Å². The van der Waals surface area contributed by atoms with E-state index in [0.717, 1.165) is 12.0 Å². The average molecular weight is 268 g/mol. The van der Waals surface area contributed by atoms with Crippen LogP contribution in [0.5, 0.6) is 5.75 Å². The molecule has 0 heterocycles. The molecule has 1 aromatic rings. The molecule has 19 heavy (non-hydrogen) atoms. The molecule has 0 saturated carbocycles. The zero-order valence-electron chi connectivity index (χ0n) is 11.6. The van der Waals surface area contributed by atoms with Crippen molar-refractivity contribution in [2.24, 2.45) is 5.73 Å². The number of primary amides is 1. The van der Waals surface area contributed by atoms with E-state index < -0.39 is 17.3 Å². The van der Waals surface area contributed by atoms with Gasteiger partial charge >= 0.3 is 0 Å². The molecule has 1 aromatic carbocycles. The molecular weight excluding hydrogens is 247 g/mol. The molecule has 0 radical (unpaired) electrons. The van der Waals surface area contributed by atoms with Gasteiger partial charge in [-0.2, -0.15) is 0 Å². The minimum absolute atomic E-state index is 0.0112. The highest BCUT2D eigenvalue weighted by molar-refractivity contribution is 5.84. The Morgan fingerprint density at radius 1 is 1.53 bits per heavy atom. The number of halogens is 1. The van der Waals surface area contributed by atoms with Gasteiger partial charge in [0.1, 0.15) is 12.1 Å². The lowest BCUT2D eigenvalue weighted by molar-refractivity contribution is -0.125. The summed E-state index contributed by atoms with van der Waals surface area (Å²) in [5.41, 5.74) is 5.25. The molecule has 5 heteroatoms. The average Bonchev–Trinajstić information content (AvgIpc) is 2.37. The van der Waals surface area contributed by atoms with Crippen LogP contribution in [-0.4, -0.2) is 24.6 Å². The van der Waals surface area contributed by atoms with Gasteiger partial charge in [0, 0.05) is 0 Å². The molecule has 0 aliphatic rings. The monoisotopic (exact) mass is 268 g/mol. The van der Waals surface area contributed by atoms with Crippen LogP contribution < -0.4 is 15.8 Å². The summed E-state index contributed by atoms with van der Waals surface area (Å²) in [6.45, 7) is 6.10. The molecule has 3 N–H and O–H groups in total. The summed E-state index contributed by atoms with van der Waals surface area (Å²) in [5.74, 6) is -0.840. The van der Waals surface area contributed by atoms with E-state index in [1.807, 2.05) is 13.8 Å². The number of amides is 1. The van der Waals surface area contributed by atoms with E-state index in [2.05, 4.69) is 5.32 Å². The molecule has 1 unspecified atom stereocenters. The standard InChI is InChI=1S/C14H21FN2O2/c1-4-7-17-14(3,13(16)18)9-19-12-8-10(2)5-6-11(12)15/h5-6,8,17H,4,7,9H2,1-3H3,(H2,16,18). The second-order valence-corrected chi connectivity index (χ2v) is 4.85. The third kappa shape index (κ3) is 4.21. The number of benzene rings is 1. The third-order valence-corrected chi connectivity index (χ3v) is 2.91. The van der Waals surface area contributed by atoms with E-state index in [1.165, 1.54) is 6.07 Å². The summed E-state index contributed by atoms with van der Waals surface area (Å²) in [6.07, 6.45) is 0.863. The SMILES string of the molecule is CCCNC(C)(COc1cc(C)ccc1F)C(N)=O. The molecule has 0 spiro atoms. The fourth-order valence-electron chi connectivity index (χ4n) is 1.55. The van der Waals surface area contributed by atoms with E-state index >= 15 is 0 Å². The fraction of sp³-hybridized carbons (Fsp3) is 0.500. The van der Waals surface area contributed by atoms with Gasteiger partial charge in [-0.3, -0.25) is 4.79 Å². The first kappa shape index (κ1) is 15.4. The summed E-state index contributed by atoms with van der Waals surface area (Å²) in [7, 11) is 0. The maximum absolute atomic E-state index is 13.5. The van der Waals surface area contributed by atoms with E-state index in [4.69, 9.17) is 10.5 Å². The molecule has 0 bridgehead atoms. The van der Waals surface area contributed by atoms with E-state index in [0.29, 0.717) is 6.54 Å². The molecule has 0 aliphatic heterocycles. The van der Waals surface area contributed by atoms with Gasteiger partial charge in [0.25, 0.3) is 0 Å². The quantitative estimate of drug-likeness (QED) is 0.792. The topological polar surface area (TPSA) is 64.3 Å². The number of hydrogen-bond acceptors (Lipinski definition) is 3. The predicted octanol–water partition coefficient (Wildman–Crippen LogP) is 1.76. The molecule has 0 fully saturated rings. The summed E-state index contributed by atoms with van der Waals surface area (Å²) in [4.78, 5) is 11.5. The van der Waals surface area contributed by atoms with Crippen LogP contribution in [0.2, 0.25) is 0 Å². The summed E-state index contributed by atoms with van der Waals surface area (Å²) >= 11 is 0. The van der Waals surface area contributed by atoms with Gasteiger partial charge in [0.05, 0.1) is 0 Å². The molecule has 1 rings (SSSR count). The molecule has 106 valence electrons. The van der Waals surface area contributed by atoms with Crippen molar-refractivity contribution < 1.29 is 13.9 Å². The lowest BCUT2D eigenvalue weighted by atomic mass is 10.0. The molecule has 0 saturated heterocycles. The van der Waals surface area contributed by atoms with Gasteiger partial charge in [0.15, 0.2) is 11.6 Å². The maximum Gasteiger partial charge on any atom is 0.240 e. The number of rotatable bonds is 7. The molecular formula is C14H21FN2O2. The van der Waals surface area contributed by atoms with Crippen LogP contribution in [0.25, 0.3) is 0 Å². The zero-order valence-corrected chi connectivity index (χ0v) is 11.6. The minimum Gasteiger partial charge on any atom is -0.488 e. The van der Waals surface area contributed by atoms with Crippen molar-refractivity contribution in [2.75, 3.05) is 13.2 Å². The lowest BCUT2D eigenvalue weighted by Crippen LogP contribution is -2.57. The second-order valence-electron chi connectivity index (χ2n) is 4.85. The highest BCUT2D eigenvalue weighted by atomic mass is 19.1. The molecule has 1 atom stereocenters. The van der Waals surface area contributed by atoms with Gasteiger partial charge in [-0.1, -0.05) is 13.0 Å². The normalized spacial score (nSPS) is 13.9. The Balaban J connectivity index is 2.76. The smallest absolute Gasteiger partial charge is 0.240 e. The first-order valence-corrected chi connectivity index (χ1v) is 6.33. The maximum atomic E-state index is 13.5. The Bertz CT molecular complexity index is 451. The first-order chi connectivity index (χ1) is 8.89. The summed E-state index contributed by atoms with van der Waals surface area (Å²) in [6, 6.07) is 4.59. The molecule has 0 aromatic heterocycles. The van der Waals surface area contributed by atoms with Crippen LogP contribution in [0.1, 0.15) is 25.8 Å². The highest BCUT2D eigenvalue weighted by Gasteiger charge is 2.31. The van der Waals surface area contributed by atoms with Crippen molar-refractivity contribution in [3.8, 4) is 5.75 Å². The van der Waals surface area contributed by atoms with E-state index in [9.17, 15) is 9.18 Å². The lowest BCUT2D eigenvalue weighted by Gasteiger charge is -2.27. The van der Waals surface area contributed by atoms with Crippen LogP contribution in [-0.2, 0) is 4.79 Å². The summed E-state index contributed by atoms with van der Waals surface area (Å²) in [5, 5.41) is 3.03. The van der Waals surface area contributed by atoms with Gasteiger partial charge < -0.3 is 15.8 Å². The fourth-order valence-corrected chi connectivity index (χ4v) is 1.55. The molecule has 1 amide bonds. The van der Waals surface area contributed by atoms with Crippen molar-refractivity contribution in [1.29, 1.82) is 0 Å². The largest absolute Gasteiger partial charge is 0.488 e. The first-order valence-electron chi connectivity index (χ1n) is 6.33.